The van der Waals surface area contributed by atoms with Crippen LogP contribution in [0.25, 0.3) is 0 Å². The normalized spacial score (nSPS) is 15.8. The molecule has 0 radical (unpaired) electrons. The van der Waals surface area contributed by atoms with Crippen LogP contribution in [0.1, 0.15) is 18.4 Å². The molecule has 5 heteroatoms. The molecule has 0 atom stereocenters. The van der Waals surface area contributed by atoms with Crippen LogP contribution in [0.5, 0.6) is 5.75 Å². The lowest BCUT2D eigenvalue weighted by Crippen LogP contribution is -2.25. The van der Waals surface area contributed by atoms with Crippen LogP contribution < -0.4 is 10.5 Å². The van der Waals surface area contributed by atoms with E-state index in [1.807, 2.05) is 18.2 Å². The summed E-state index contributed by atoms with van der Waals surface area (Å²) in [5.41, 5.74) is 6.48. The highest BCUT2D eigenvalue weighted by molar-refractivity contribution is 9.10. The maximum atomic E-state index is 5.80. The molecule has 0 amide bonds. The number of thiocarbonyl (C=S) groups is 1. The summed E-state index contributed by atoms with van der Waals surface area (Å²) >= 11 is 8.45. The Labute approximate surface area is 121 Å². The fourth-order valence-electron chi connectivity index (χ4n) is 2.11. The number of nitrogens with zero attached hydrogens (tertiary/aromatic N) is 1. The Morgan fingerprint density at radius 3 is 2.78 bits per heavy atom. The van der Waals surface area contributed by atoms with E-state index in [2.05, 4.69) is 20.8 Å². The van der Waals surface area contributed by atoms with Crippen molar-refractivity contribution in [1.29, 1.82) is 0 Å². The van der Waals surface area contributed by atoms with Crippen molar-refractivity contribution in [2.75, 3.05) is 26.2 Å². The minimum Gasteiger partial charge on any atom is -0.491 e. The van der Waals surface area contributed by atoms with Gasteiger partial charge in [0.05, 0.1) is 5.56 Å². The van der Waals surface area contributed by atoms with E-state index in [0.717, 1.165) is 22.3 Å². The maximum Gasteiger partial charge on any atom is 0.130 e. The Balaban J connectivity index is 1.94. The first-order valence-electron chi connectivity index (χ1n) is 6.11. The SMILES string of the molecule is NC(=S)c1ccc(Br)cc1OCCN1CCCC1. The Morgan fingerprint density at radius 1 is 1.39 bits per heavy atom. The topological polar surface area (TPSA) is 38.5 Å². The van der Waals surface area contributed by atoms with E-state index in [1.165, 1.54) is 25.9 Å². The summed E-state index contributed by atoms with van der Waals surface area (Å²) in [5.74, 6) is 0.760. The molecule has 0 spiro atoms. The van der Waals surface area contributed by atoms with Gasteiger partial charge in [0.2, 0.25) is 0 Å². The molecule has 1 saturated heterocycles. The van der Waals surface area contributed by atoms with Crippen molar-refractivity contribution in [3.63, 3.8) is 0 Å². The fraction of sp³-hybridized carbons (Fsp3) is 0.462. The largest absolute Gasteiger partial charge is 0.491 e. The zero-order valence-corrected chi connectivity index (χ0v) is 12.6. The van der Waals surface area contributed by atoms with Crippen molar-refractivity contribution in [2.45, 2.75) is 12.8 Å². The van der Waals surface area contributed by atoms with E-state index in [4.69, 9.17) is 22.7 Å². The van der Waals surface area contributed by atoms with Gasteiger partial charge in [0.25, 0.3) is 0 Å². The molecule has 98 valence electrons. The van der Waals surface area contributed by atoms with E-state index in [1.54, 1.807) is 0 Å². The zero-order chi connectivity index (χ0) is 13.0. The summed E-state index contributed by atoms with van der Waals surface area (Å²) in [7, 11) is 0. The van der Waals surface area contributed by atoms with Gasteiger partial charge in [-0.15, -0.1) is 0 Å². The molecule has 0 unspecified atom stereocenters. The summed E-state index contributed by atoms with van der Waals surface area (Å²) in [6.07, 6.45) is 2.60. The summed E-state index contributed by atoms with van der Waals surface area (Å²) in [6, 6.07) is 5.72. The molecule has 0 saturated carbocycles. The predicted octanol–water partition coefficient (Wildman–Crippen LogP) is 2.56. The highest BCUT2D eigenvalue weighted by Gasteiger charge is 2.12. The van der Waals surface area contributed by atoms with Crippen LogP contribution in [-0.4, -0.2) is 36.1 Å². The van der Waals surface area contributed by atoms with Crippen molar-refractivity contribution in [3.8, 4) is 5.75 Å². The van der Waals surface area contributed by atoms with Crippen LogP contribution in [0.2, 0.25) is 0 Å². The lowest BCUT2D eigenvalue weighted by molar-refractivity contribution is 0.237. The van der Waals surface area contributed by atoms with Crippen molar-refractivity contribution < 1.29 is 4.74 Å². The summed E-state index contributed by atoms with van der Waals surface area (Å²) in [5, 5.41) is 0. The lowest BCUT2D eigenvalue weighted by Gasteiger charge is -2.16. The number of hydrogen-bond donors (Lipinski definition) is 1. The van der Waals surface area contributed by atoms with Crippen molar-refractivity contribution in [3.05, 3.63) is 28.2 Å². The Hall–Kier alpha value is -0.650. The van der Waals surface area contributed by atoms with Crippen LogP contribution in [0.15, 0.2) is 22.7 Å². The molecular formula is C13H17BrN2OS. The summed E-state index contributed by atoms with van der Waals surface area (Å²) < 4.78 is 6.77. The minimum atomic E-state index is 0.374. The highest BCUT2D eigenvalue weighted by atomic mass is 79.9. The number of likely N-dealkylation sites (tertiary alicyclic amines) is 1. The quantitative estimate of drug-likeness (QED) is 0.843. The number of nitrogens with two attached hydrogens (primary N) is 1. The molecule has 2 rings (SSSR count). The number of rotatable bonds is 5. The molecular weight excluding hydrogens is 312 g/mol. The zero-order valence-electron chi connectivity index (χ0n) is 10.2. The van der Waals surface area contributed by atoms with Gasteiger partial charge in [0.15, 0.2) is 0 Å². The van der Waals surface area contributed by atoms with Gasteiger partial charge in [-0.25, -0.2) is 0 Å². The van der Waals surface area contributed by atoms with Gasteiger partial charge < -0.3 is 10.5 Å². The molecule has 2 N–H and O–H groups in total. The highest BCUT2D eigenvalue weighted by Crippen LogP contribution is 2.23. The van der Waals surface area contributed by atoms with Gasteiger partial charge in [0.1, 0.15) is 17.3 Å². The first kappa shape index (κ1) is 13.8. The van der Waals surface area contributed by atoms with Crippen molar-refractivity contribution in [2.24, 2.45) is 5.73 Å². The van der Waals surface area contributed by atoms with E-state index < -0.39 is 0 Å². The van der Waals surface area contributed by atoms with Gasteiger partial charge in [-0.2, -0.15) is 0 Å². The Kier molecular flexibility index (Phi) is 4.97. The molecule has 1 aromatic carbocycles. The third-order valence-electron chi connectivity index (χ3n) is 3.07. The van der Waals surface area contributed by atoms with Crippen LogP contribution in [-0.2, 0) is 0 Å². The molecule has 1 heterocycles. The van der Waals surface area contributed by atoms with Crippen molar-refractivity contribution in [1.82, 2.24) is 4.90 Å². The Bertz CT molecular complexity index is 433. The predicted molar refractivity (Wildman–Crippen MR) is 81.2 cm³/mol. The van der Waals surface area contributed by atoms with Crippen LogP contribution >= 0.6 is 28.1 Å². The minimum absolute atomic E-state index is 0.374. The molecule has 0 aliphatic carbocycles. The molecule has 1 aliphatic heterocycles. The van der Waals surface area contributed by atoms with Gasteiger partial charge in [-0.3, -0.25) is 4.90 Å². The second-order valence-electron chi connectivity index (χ2n) is 4.40. The first-order chi connectivity index (χ1) is 8.66. The summed E-state index contributed by atoms with van der Waals surface area (Å²) in [4.78, 5) is 2.79. The molecule has 0 bridgehead atoms. The second kappa shape index (κ2) is 6.50. The van der Waals surface area contributed by atoms with E-state index in [9.17, 15) is 0 Å². The van der Waals surface area contributed by atoms with E-state index in [0.29, 0.717) is 11.6 Å². The third kappa shape index (κ3) is 3.67. The number of hydrogen-bond acceptors (Lipinski definition) is 3. The number of benzene rings is 1. The van der Waals surface area contributed by atoms with Gasteiger partial charge >= 0.3 is 0 Å². The van der Waals surface area contributed by atoms with Crippen LogP contribution in [0.3, 0.4) is 0 Å². The number of halogens is 1. The third-order valence-corrected chi connectivity index (χ3v) is 3.79. The van der Waals surface area contributed by atoms with Gasteiger partial charge in [-0.1, -0.05) is 28.1 Å². The lowest BCUT2D eigenvalue weighted by atomic mass is 10.2. The molecule has 0 aromatic heterocycles. The van der Waals surface area contributed by atoms with Crippen LogP contribution in [0, 0.1) is 0 Å². The number of ether oxygens (including phenoxy) is 1. The maximum absolute atomic E-state index is 5.80. The fourth-order valence-corrected chi connectivity index (χ4v) is 2.62. The van der Waals surface area contributed by atoms with Gasteiger partial charge in [-0.05, 0) is 44.1 Å². The monoisotopic (exact) mass is 328 g/mol. The standard InChI is InChI=1S/C13H17BrN2OS/c14-10-3-4-11(13(15)18)12(9-10)17-8-7-16-5-1-2-6-16/h3-4,9H,1-2,5-8H2,(H2,15,18). The molecule has 1 fully saturated rings. The van der Waals surface area contributed by atoms with Crippen molar-refractivity contribution >= 4 is 33.1 Å². The first-order valence-corrected chi connectivity index (χ1v) is 7.31. The van der Waals surface area contributed by atoms with Crippen LogP contribution in [0.4, 0.5) is 0 Å². The van der Waals surface area contributed by atoms with E-state index in [-0.39, 0.29) is 0 Å². The smallest absolute Gasteiger partial charge is 0.130 e. The van der Waals surface area contributed by atoms with E-state index >= 15 is 0 Å². The summed E-state index contributed by atoms with van der Waals surface area (Å²) in [6.45, 7) is 4.00. The average molecular weight is 329 g/mol. The average Bonchev–Trinajstić information content (AvgIpc) is 2.82. The second-order valence-corrected chi connectivity index (χ2v) is 5.76. The molecule has 3 nitrogen and oxygen atoms in total. The van der Waals surface area contributed by atoms with Gasteiger partial charge in [0, 0.05) is 11.0 Å². The molecule has 1 aliphatic rings. The molecule has 1 aromatic rings. The molecule has 18 heavy (non-hydrogen) atoms. The Morgan fingerprint density at radius 2 is 2.11 bits per heavy atom.